The number of carboxylic acid groups (broad SMARTS) is 1. The van der Waals surface area contributed by atoms with Crippen LogP contribution in [0.2, 0.25) is 0 Å². The summed E-state index contributed by atoms with van der Waals surface area (Å²) in [6, 6.07) is 9.20. The second kappa shape index (κ2) is 11.7. The van der Waals surface area contributed by atoms with Crippen LogP contribution in [0.1, 0.15) is 40.5 Å². The smallest absolute Gasteiger partial charge is 0.339 e. The summed E-state index contributed by atoms with van der Waals surface area (Å²) in [5.41, 5.74) is 3.13. The van der Waals surface area contributed by atoms with E-state index in [4.69, 9.17) is 9.47 Å². The molecule has 0 aliphatic heterocycles. The van der Waals surface area contributed by atoms with Crippen LogP contribution >= 0.6 is 0 Å². The number of para-hydroxylation sites is 1. The second-order valence-electron chi connectivity index (χ2n) is 6.94. The highest BCUT2D eigenvalue weighted by molar-refractivity contribution is 5.91. The molecule has 4 heteroatoms. The van der Waals surface area contributed by atoms with Gasteiger partial charge in [-0.05, 0) is 74.6 Å². The van der Waals surface area contributed by atoms with Gasteiger partial charge < -0.3 is 14.6 Å². The molecule has 0 bridgehead atoms. The van der Waals surface area contributed by atoms with Crippen LogP contribution < -0.4 is 4.74 Å². The Labute approximate surface area is 179 Å². The number of allylic oxidation sites excluding steroid dienone is 9. The molecule has 1 aliphatic rings. The van der Waals surface area contributed by atoms with Gasteiger partial charge in [0.05, 0.1) is 12.2 Å². The summed E-state index contributed by atoms with van der Waals surface area (Å²) in [4.78, 5) is 11.7. The number of ether oxygens (including phenoxy) is 2. The predicted molar refractivity (Wildman–Crippen MR) is 121 cm³/mol. The number of hydrogen-bond acceptors (Lipinski definition) is 3. The van der Waals surface area contributed by atoms with Crippen molar-refractivity contribution in [2.45, 2.75) is 40.5 Å². The molecule has 30 heavy (non-hydrogen) atoms. The average Bonchev–Trinajstić information content (AvgIpc) is 2.96. The Hall–Kier alpha value is -3.27. The molecule has 0 atom stereocenters. The summed E-state index contributed by atoms with van der Waals surface area (Å²) >= 11 is 0. The van der Waals surface area contributed by atoms with Crippen LogP contribution in [-0.2, 0) is 9.53 Å². The molecule has 0 radical (unpaired) electrons. The van der Waals surface area contributed by atoms with Crippen LogP contribution in [-0.4, -0.2) is 17.7 Å². The lowest BCUT2D eigenvalue weighted by atomic mass is 10.0. The van der Waals surface area contributed by atoms with Gasteiger partial charge in [0.15, 0.2) is 0 Å². The molecule has 0 unspecified atom stereocenters. The second-order valence-corrected chi connectivity index (χ2v) is 6.94. The standard InChI is InChI=1S/C26H30O4/c1-5-17-29-24(19(3)6-2)16-15-20(4)21-11-10-14-23(26(27)28)25(18-21)30-22-12-8-7-9-13-22/h6-9,11-16,18H,5,10,17H2,1-4H3,(H,27,28)/b19-6-,20-15+,24-16+. The summed E-state index contributed by atoms with van der Waals surface area (Å²) in [5.74, 6) is 0.744. The van der Waals surface area contributed by atoms with Crippen molar-refractivity contribution < 1.29 is 19.4 Å². The molecule has 0 heterocycles. The van der Waals surface area contributed by atoms with Crippen LogP contribution in [0.4, 0.5) is 0 Å². The van der Waals surface area contributed by atoms with Crippen molar-refractivity contribution in [2.75, 3.05) is 6.61 Å². The van der Waals surface area contributed by atoms with Crippen LogP contribution in [0.15, 0.2) is 101 Å². The van der Waals surface area contributed by atoms with E-state index in [0.717, 1.165) is 28.9 Å². The SMILES string of the molecule is C\C=C(C)/C(=C\C=C(/C)C1=CCC=C(C(=O)O)C(Oc2ccccc2)=C1)OCCC. The zero-order valence-electron chi connectivity index (χ0n) is 18.1. The van der Waals surface area contributed by atoms with Crippen molar-refractivity contribution in [2.24, 2.45) is 0 Å². The van der Waals surface area contributed by atoms with E-state index in [0.29, 0.717) is 24.5 Å². The molecule has 1 N–H and O–H groups in total. The van der Waals surface area contributed by atoms with E-state index in [9.17, 15) is 9.90 Å². The number of benzene rings is 1. The lowest BCUT2D eigenvalue weighted by Gasteiger charge is -2.12. The van der Waals surface area contributed by atoms with Gasteiger partial charge in [0, 0.05) is 0 Å². The Morgan fingerprint density at radius 3 is 2.50 bits per heavy atom. The topological polar surface area (TPSA) is 55.8 Å². The molecule has 0 saturated carbocycles. The lowest BCUT2D eigenvalue weighted by molar-refractivity contribution is -0.132. The fraction of sp³-hybridized carbons (Fsp3) is 0.269. The number of rotatable bonds is 9. The van der Waals surface area contributed by atoms with Crippen molar-refractivity contribution in [1.29, 1.82) is 0 Å². The summed E-state index contributed by atoms with van der Waals surface area (Å²) in [7, 11) is 0. The predicted octanol–water partition coefficient (Wildman–Crippen LogP) is 6.51. The molecule has 0 saturated heterocycles. The molecule has 0 amide bonds. The number of hydrogen-bond donors (Lipinski definition) is 1. The minimum atomic E-state index is -1.01. The van der Waals surface area contributed by atoms with Crippen molar-refractivity contribution in [3.8, 4) is 5.75 Å². The van der Waals surface area contributed by atoms with E-state index >= 15 is 0 Å². The third-order valence-corrected chi connectivity index (χ3v) is 4.64. The first-order valence-electron chi connectivity index (χ1n) is 10.2. The summed E-state index contributed by atoms with van der Waals surface area (Å²) < 4.78 is 11.8. The third kappa shape index (κ3) is 6.66. The van der Waals surface area contributed by atoms with E-state index in [1.54, 1.807) is 24.3 Å². The van der Waals surface area contributed by atoms with Crippen molar-refractivity contribution in [3.05, 3.63) is 101 Å². The van der Waals surface area contributed by atoms with E-state index in [2.05, 4.69) is 6.92 Å². The maximum Gasteiger partial charge on any atom is 0.339 e. The zero-order valence-corrected chi connectivity index (χ0v) is 18.1. The molecule has 1 aliphatic carbocycles. The van der Waals surface area contributed by atoms with Crippen molar-refractivity contribution in [3.63, 3.8) is 0 Å². The van der Waals surface area contributed by atoms with Gasteiger partial charge in [-0.2, -0.15) is 0 Å². The van der Waals surface area contributed by atoms with Crippen LogP contribution in [0.3, 0.4) is 0 Å². The minimum Gasteiger partial charge on any atom is -0.493 e. The molecule has 158 valence electrons. The fourth-order valence-electron chi connectivity index (χ4n) is 2.79. The highest BCUT2D eigenvalue weighted by Gasteiger charge is 2.18. The third-order valence-electron chi connectivity index (χ3n) is 4.64. The zero-order chi connectivity index (χ0) is 21.9. The maximum atomic E-state index is 11.7. The fourth-order valence-corrected chi connectivity index (χ4v) is 2.79. The molecule has 4 nitrogen and oxygen atoms in total. The Morgan fingerprint density at radius 1 is 1.13 bits per heavy atom. The Bertz CT molecular complexity index is 925. The summed E-state index contributed by atoms with van der Waals surface area (Å²) in [6.45, 7) is 8.73. The molecule has 2 rings (SSSR count). The summed E-state index contributed by atoms with van der Waals surface area (Å²) in [6.07, 6.45) is 12.9. The van der Waals surface area contributed by atoms with Crippen LogP contribution in [0.25, 0.3) is 0 Å². The molecule has 1 aromatic carbocycles. The molecular weight excluding hydrogens is 376 g/mol. The highest BCUT2D eigenvalue weighted by atomic mass is 16.5. The van der Waals surface area contributed by atoms with Gasteiger partial charge in [-0.3, -0.25) is 0 Å². The molecule has 0 aromatic heterocycles. The van der Waals surface area contributed by atoms with Gasteiger partial charge in [-0.15, -0.1) is 0 Å². The first kappa shape index (κ1) is 23.0. The number of carboxylic acids is 1. The average molecular weight is 407 g/mol. The lowest BCUT2D eigenvalue weighted by Crippen LogP contribution is -2.08. The molecule has 0 fully saturated rings. The first-order chi connectivity index (χ1) is 14.5. The molecule has 1 aromatic rings. The van der Waals surface area contributed by atoms with Gasteiger partial charge >= 0.3 is 5.97 Å². The largest absolute Gasteiger partial charge is 0.493 e. The maximum absolute atomic E-state index is 11.7. The monoisotopic (exact) mass is 406 g/mol. The summed E-state index contributed by atoms with van der Waals surface area (Å²) in [5, 5.41) is 9.62. The van der Waals surface area contributed by atoms with E-state index in [-0.39, 0.29) is 5.57 Å². The van der Waals surface area contributed by atoms with E-state index in [1.807, 2.05) is 63.3 Å². The van der Waals surface area contributed by atoms with Crippen LogP contribution in [0.5, 0.6) is 5.75 Å². The highest BCUT2D eigenvalue weighted by Crippen LogP contribution is 2.26. The Kier molecular flexibility index (Phi) is 8.95. The quantitative estimate of drug-likeness (QED) is 0.375. The number of aliphatic carboxylic acids is 1. The minimum absolute atomic E-state index is 0.158. The first-order valence-corrected chi connectivity index (χ1v) is 10.2. The Balaban J connectivity index is 2.36. The van der Waals surface area contributed by atoms with Gasteiger partial charge in [-0.25, -0.2) is 4.79 Å². The normalized spacial score (nSPS) is 15.6. The van der Waals surface area contributed by atoms with E-state index < -0.39 is 5.97 Å². The molecular formula is C26H30O4. The molecule has 0 spiro atoms. The number of carbonyl (C=O) groups is 1. The van der Waals surface area contributed by atoms with Crippen LogP contribution in [0, 0.1) is 0 Å². The van der Waals surface area contributed by atoms with Crippen molar-refractivity contribution in [1.82, 2.24) is 0 Å². The van der Waals surface area contributed by atoms with Gasteiger partial charge in [-0.1, -0.05) is 49.4 Å². The van der Waals surface area contributed by atoms with E-state index in [1.165, 1.54) is 0 Å². The van der Waals surface area contributed by atoms with Gasteiger partial charge in [0.1, 0.15) is 17.3 Å². The van der Waals surface area contributed by atoms with Gasteiger partial charge in [0.25, 0.3) is 0 Å². The Morgan fingerprint density at radius 2 is 1.87 bits per heavy atom. The van der Waals surface area contributed by atoms with Crippen molar-refractivity contribution >= 4 is 5.97 Å². The van der Waals surface area contributed by atoms with Gasteiger partial charge in [0.2, 0.25) is 0 Å².